The number of aromatic hydroxyl groups is 1. The number of phenols is 1. The third-order valence-electron chi connectivity index (χ3n) is 4.11. The summed E-state index contributed by atoms with van der Waals surface area (Å²) in [5.41, 5.74) is 3.61. The van der Waals surface area contributed by atoms with Gasteiger partial charge < -0.3 is 42.9 Å². The van der Waals surface area contributed by atoms with E-state index in [9.17, 15) is 5.11 Å². The molecule has 0 aliphatic heterocycles. The highest BCUT2D eigenvalue weighted by atomic mass is 127. The lowest BCUT2D eigenvalue weighted by Gasteiger charge is -2.23. The molecule has 0 amide bonds. The Morgan fingerprint density at radius 3 is 2.44 bits per heavy atom. The van der Waals surface area contributed by atoms with Gasteiger partial charge in [0, 0.05) is 29.2 Å². The van der Waals surface area contributed by atoms with Crippen LogP contribution in [0, 0.1) is 0 Å². The van der Waals surface area contributed by atoms with Crippen LogP contribution in [-0.2, 0) is 13.1 Å². The van der Waals surface area contributed by atoms with Gasteiger partial charge in [-0.15, -0.1) is 0 Å². The Morgan fingerprint density at radius 1 is 1.08 bits per heavy atom. The van der Waals surface area contributed by atoms with Gasteiger partial charge in [-0.25, -0.2) is 0 Å². The van der Waals surface area contributed by atoms with Crippen LogP contribution in [0.2, 0.25) is 0 Å². The van der Waals surface area contributed by atoms with Crippen LogP contribution < -0.4 is 28.7 Å². The van der Waals surface area contributed by atoms with E-state index < -0.39 is 0 Å². The zero-order chi connectivity index (χ0) is 17.3. The van der Waals surface area contributed by atoms with Crippen LogP contribution in [0.4, 0.5) is 0 Å². The number of rotatable bonds is 5. The van der Waals surface area contributed by atoms with Gasteiger partial charge in [-0.1, -0.05) is 24.3 Å². The predicted molar refractivity (Wildman–Crippen MR) is 97.4 cm³/mol. The lowest BCUT2D eigenvalue weighted by Crippen LogP contribution is -3.00. The van der Waals surface area contributed by atoms with Gasteiger partial charge in [0.2, 0.25) is 0 Å². The van der Waals surface area contributed by atoms with Crippen molar-refractivity contribution in [2.75, 3.05) is 28.3 Å². The second-order valence-electron chi connectivity index (χ2n) is 7.25. The lowest BCUT2D eigenvalue weighted by molar-refractivity contribution is -0.883. The zero-order valence-corrected chi connectivity index (χ0v) is 17.3. The summed E-state index contributed by atoms with van der Waals surface area (Å²) in [6, 6.07) is 14.1. The van der Waals surface area contributed by atoms with Gasteiger partial charge in [-0.05, 0) is 23.8 Å². The molecule has 0 fully saturated rings. The zero-order valence-electron chi connectivity index (χ0n) is 15.2. The fourth-order valence-electron chi connectivity index (χ4n) is 3.12. The number of benzene rings is 2. The van der Waals surface area contributed by atoms with Gasteiger partial charge in [0.25, 0.3) is 0 Å². The first-order chi connectivity index (χ1) is 11.4. The first-order valence-corrected chi connectivity index (χ1v) is 8.10. The topological polar surface area (TPSA) is 34.4 Å². The van der Waals surface area contributed by atoms with E-state index in [0.29, 0.717) is 5.75 Å². The number of methoxy groups -OCH3 is 1. The average molecular weight is 452 g/mol. The monoisotopic (exact) mass is 452 g/mol. The van der Waals surface area contributed by atoms with Crippen molar-refractivity contribution in [2.24, 2.45) is 0 Å². The number of hydrogen-bond donors (Lipinski definition) is 1. The maximum atomic E-state index is 10.0. The molecular weight excluding hydrogens is 427 g/mol. The molecule has 0 radical (unpaired) electrons. The van der Waals surface area contributed by atoms with E-state index in [2.05, 4.69) is 56.2 Å². The van der Waals surface area contributed by atoms with Crippen molar-refractivity contribution in [3.05, 3.63) is 59.8 Å². The fourth-order valence-corrected chi connectivity index (χ4v) is 3.12. The quantitative estimate of drug-likeness (QED) is 0.455. The normalized spacial score (nSPS) is 11.4. The minimum absolute atomic E-state index is 0. The van der Waals surface area contributed by atoms with Crippen molar-refractivity contribution in [1.29, 1.82) is 0 Å². The molecule has 134 valence electrons. The molecule has 3 aromatic rings. The van der Waals surface area contributed by atoms with Crippen LogP contribution in [0.1, 0.15) is 11.1 Å². The minimum Gasteiger partial charge on any atom is -1.00 e. The van der Waals surface area contributed by atoms with E-state index in [1.165, 1.54) is 16.5 Å². The van der Waals surface area contributed by atoms with E-state index in [0.717, 1.165) is 23.1 Å². The summed E-state index contributed by atoms with van der Waals surface area (Å²) in [5.74, 6) is 0.680. The molecule has 1 heterocycles. The standard InChI is InChI=1S/C20H24N2O2.HI/c1-22(2,3)14-16-13-21(18-8-6-5-7-17(16)18)12-15-9-10-20(24-4)19(23)11-15;/h5-11,13H,12,14H2,1-4H3;1H. The molecule has 3 rings (SSSR count). The number of phenolic OH excluding ortho intramolecular Hbond substituents is 1. The molecule has 0 atom stereocenters. The first-order valence-electron chi connectivity index (χ1n) is 8.10. The smallest absolute Gasteiger partial charge is 0.160 e. The van der Waals surface area contributed by atoms with Crippen molar-refractivity contribution in [1.82, 2.24) is 4.57 Å². The first kappa shape index (κ1) is 19.6. The molecule has 0 spiro atoms. The number of aromatic nitrogens is 1. The summed E-state index contributed by atoms with van der Waals surface area (Å²) in [6.07, 6.45) is 2.23. The summed E-state index contributed by atoms with van der Waals surface area (Å²) in [5, 5.41) is 11.3. The summed E-state index contributed by atoms with van der Waals surface area (Å²) in [6.45, 7) is 1.69. The van der Waals surface area contributed by atoms with Crippen LogP contribution in [0.3, 0.4) is 0 Å². The highest BCUT2D eigenvalue weighted by Crippen LogP contribution is 2.28. The van der Waals surface area contributed by atoms with Crippen LogP contribution >= 0.6 is 0 Å². The van der Waals surface area contributed by atoms with Crippen LogP contribution in [0.25, 0.3) is 10.9 Å². The average Bonchev–Trinajstić information content (AvgIpc) is 2.84. The Bertz CT molecular complexity index is 866. The number of para-hydroxylation sites is 1. The summed E-state index contributed by atoms with van der Waals surface area (Å²) >= 11 is 0. The van der Waals surface area contributed by atoms with Crippen LogP contribution in [0.15, 0.2) is 48.7 Å². The number of nitrogens with zero attached hydrogens (tertiary/aromatic N) is 2. The van der Waals surface area contributed by atoms with Crippen molar-refractivity contribution in [3.8, 4) is 11.5 Å². The lowest BCUT2D eigenvalue weighted by atomic mass is 10.1. The number of hydrogen-bond acceptors (Lipinski definition) is 2. The maximum absolute atomic E-state index is 10.0. The second kappa shape index (κ2) is 7.66. The van der Waals surface area contributed by atoms with Crippen LogP contribution in [0.5, 0.6) is 11.5 Å². The van der Waals surface area contributed by atoms with Gasteiger partial charge in [0.1, 0.15) is 6.54 Å². The van der Waals surface area contributed by atoms with Crippen molar-refractivity contribution in [2.45, 2.75) is 13.1 Å². The third-order valence-corrected chi connectivity index (χ3v) is 4.11. The largest absolute Gasteiger partial charge is 1.00 e. The van der Waals surface area contributed by atoms with Crippen molar-refractivity contribution < 1.29 is 38.3 Å². The SMILES string of the molecule is COc1ccc(Cn2cc(C[N+](C)(C)C)c3ccccc32)cc1O.[I-]. The number of ether oxygens (including phenoxy) is 1. The minimum atomic E-state index is 0. The maximum Gasteiger partial charge on any atom is 0.160 e. The second-order valence-corrected chi connectivity index (χ2v) is 7.25. The highest BCUT2D eigenvalue weighted by Gasteiger charge is 2.15. The molecule has 5 heteroatoms. The van der Waals surface area contributed by atoms with Gasteiger partial charge in [-0.2, -0.15) is 0 Å². The van der Waals surface area contributed by atoms with E-state index in [1.807, 2.05) is 12.1 Å². The molecule has 2 aromatic carbocycles. The Balaban J connectivity index is 0.00000225. The van der Waals surface area contributed by atoms with E-state index in [4.69, 9.17) is 4.74 Å². The summed E-state index contributed by atoms with van der Waals surface area (Å²) < 4.78 is 8.26. The Labute approximate surface area is 166 Å². The third kappa shape index (κ3) is 4.46. The Hall–Kier alpha value is -1.73. The number of fused-ring (bicyclic) bond motifs is 1. The number of quaternary nitrogens is 1. The number of halogens is 1. The molecule has 0 saturated carbocycles. The highest BCUT2D eigenvalue weighted by molar-refractivity contribution is 5.84. The van der Waals surface area contributed by atoms with Crippen molar-refractivity contribution >= 4 is 10.9 Å². The summed E-state index contributed by atoms with van der Waals surface area (Å²) in [7, 11) is 8.17. The Morgan fingerprint density at radius 2 is 1.80 bits per heavy atom. The molecule has 0 bridgehead atoms. The molecule has 1 aromatic heterocycles. The van der Waals surface area contributed by atoms with Gasteiger partial charge in [0.15, 0.2) is 11.5 Å². The molecule has 0 aliphatic carbocycles. The van der Waals surface area contributed by atoms with Gasteiger partial charge in [-0.3, -0.25) is 0 Å². The summed E-state index contributed by atoms with van der Waals surface area (Å²) in [4.78, 5) is 0. The molecule has 1 N–H and O–H groups in total. The van der Waals surface area contributed by atoms with Crippen LogP contribution in [-0.4, -0.2) is 42.4 Å². The van der Waals surface area contributed by atoms with Gasteiger partial charge >= 0.3 is 0 Å². The predicted octanol–water partition coefficient (Wildman–Crippen LogP) is 0.614. The fraction of sp³-hybridized carbons (Fsp3) is 0.300. The van der Waals surface area contributed by atoms with E-state index >= 15 is 0 Å². The molecule has 0 unspecified atom stereocenters. The molecule has 25 heavy (non-hydrogen) atoms. The molecule has 0 saturated heterocycles. The molecule has 4 nitrogen and oxygen atoms in total. The Kier molecular flexibility index (Phi) is 6.00. The van der Waals surface area contributed by atoms with E-state index in [-0.39, 0.29) is 29.7 Å². The molecule has 0 aliphatic rings. The van der Waals surface area contributed by atoms with Crippen molar-refractivity contribution in [3.63, 3.8) is 0 Å². The van der Waals surface area contributed by atoms with Gasteiger partial charge in [0.05, 0.1) is 28.3 Å². The van der Waals surface area contributed by atoms with E-state index in [1.54, 1.807) is 13.2 Å². The molecular formula is C20H25IN2O2.